The van der Waals surface area contributed by atoms with Crippen molar-refractivity contribution >= 4 is 11.9 Å². The van der Waals surface area contributed by atoms with Crippen LogP contribution in [0.15, 0.2) is 0 Å². The van der Waals surface area contributed by atoms with Crippen LogP contribution in [0.3, 0.4) is 0 Å². The fraction of sp³-hybridized carbons (Fsp3) is 0.714. The van der Waals surface area contributed by atoms with Crippen LogP contribution in [0.2, 0.25) is 0 Å². The Kier molecular flexibility index (Phi) is 2.32. The number of carbonyl (C=O) groups is 2. The van der Waals surface area contributed by atoms with Crippen LogP contribution in [0.4, 0.5) is 4.79 Å². The van der Waals surface area contributed by atoms with Crippen LogP contribution in [0.25, 0.3) is 0 Å². The lowest BCUT2D eigenvalue weighted by Crippen LogP contribution is -2.59. The standard InChI is InChI=1S/C7H12N2O3/c1-3(2)4-5(10)8-7(12)9-6(4)11/h3-5,10H,1-2H3,(H2,8,9,11,12). The minimum Gasteiger partial charge on any atom is -0.373 e. The molecule has 0 aromatic heterocycles. The molecule has 2 atom stereocenters. The minimum absolute atomic E-state index is 0.000556. The Labute approximate surface area is 70.1 Å². The summed E-state index contributed by atoms with van der Waals surface area (Å²) in [6, 6.07) is -0.635. The highest BCUT2D eigenvalue weighted by atomic mass is 16.3. The second kappa shape index (κ2) is 3.10. The molecule has 0 saturated carbocycles. The van der Waals surface area contributed by atoms with Crippen LogP contribution in [0.5, 0.6) is 0 Å². The highest BCUT2D eigenvalue weighted by molar-refractivity contribution is 5.98. The van der Waals surface area contributed by atoms with Gasteiger partial charge in [0.2, 0.25) is 5.91 Å². The number of nitrogens with one attached hydrogen (secondary N) is 2. The van der Waals surface area contributed by atoms with Crippen molar-refractivity contribution in [2.75, 3.05) is 0 Å². The lowest BCUT2D eigenvalue weighted by Gasteiger charge is -2.29. The summed E-state index contributed by atoms with van der Waals surface area (Å²) in [6.07, 6.45) is -1.06. The van der Waals surface area contributed by atoms with Crippen molar-refractivity contribution < 1.29 is 14.7 Å². The molecule has 0 aromatic rings. The summed E-state index contributed by atoms with van der Waals surface area (Å²) < 4.78 is 0. The average molecular weight is 172 g/mol. The zero-order chi connectivity index (χ0) is 9.30. The van der Waals surface area contributed by atoms with E-state index in [1.54, 1.807) is 0 Å². The van der Waals surface area contributed by atoms with Gasteiger partial charge in [-0.25, -0.2) is 4.79 Å². The van der Waals surface area contributed by atoms with Gasteiger partial charge >= 0.3 is 6.03 Å². The van der Waals surface area contributed by atoms with Gasteiger partial charge in [-0.3, -0.25) is 10.1 Å². The number of rotatable bonds is 1. The first-order valence-electron chi connectivity index (χ1n) is 3.82. The molecular weight excluding hydrogens is 160 g/mol. The van der Waals surface area contributed by atoms with E-state index >= 15 is 0 Å². The molecule has 5 heteroatoms. The molecule has 3 N–H and O–H groups in total. The van der Waals surface area contributed by atoms with E-state index in [4.69, 9.17) is 0 Å². The summed E-state index contributed by atoms with van der Waals surface area (Å²) in [7, 11) is 0. The predicted octanol–water partition coefficient (Wildman–Crippen LogP) is -0.584. The number of imide groups is 1. The summed E-state index contributed by atoms with van der Waals surface area (Å²) in [5.74, 6) is -0.968. The van der Waals surface area contributed by atoms with Crippen LogP contribution in [-0.4, -0.2) is 23.3 Å². The maximum atomic E-state index is 11.1. The topological polar surface area (TPSA) is 78.4 Å². The van der Waals surface area contributed by atoms with Crippen molar-refractivity contribution in [3.63, 3.8) is 0 Å². The van der Waals surface area contributed by atoms with E-state index in [9.17, 15) is 14.7 Å². The maximum absolute atomic E-state index is 11.1. The highest BCUT2D eigenvalue weighted by Crippen LogP contribution is 2.16. The second-order valence-electron chi connectivity index (χ2n) is 3.18. The first kappa shape index (κ1) is 8.99. The normalized spacial score (nSPS) is 30.0. The Morgan fingerprint density at radius 1 is 1.42 bits per heavy atom. The molecule has 1 rings (SSSR count). The lowest BCUT2D eigenvalue weighted by atomic mass is 9.92. The molecule has 0 aromatic carbocycles. The van der Waals surface area contributed by atoms with Gasteiger partial charge in [-0.2, -0.15) is 0 Å². The van der Waals surface area contributed by atoms with Gasteiger partial charge in [0.25, 0.3) is 0 Å². The zero-order valence-electron chi connectivity index (χ0n) is 7.00. The molecule has 1 aliphatic heterocycles. The maximum Gasteiger partial charge on any atom is 0.323 e. The van der Waals surface area contributed by atoms with Gasteiger partial charge in [0.15, 0.2) is 0 Å². The molecule has 0 aliphatic carbocycles. The van der Waals surface area contributed by atoms with E-state index < -0.39 is 24.1 Å². The lowest BCUT2D eigenvalue weighted by molar-refractivity contribution is -0.132. The number of carbonyl (C=O) groups excluding carboxylic acids is 2. The van der Waals surface area contributed by atoms with Gasteiger partial charge in [-0.15, -0.1) is 0 Å². The predicted molar refractivity (Wildman–Crippen MR) is 41.0 cm³/mol. The zero-order valence-corrected chi connectivity index (χ0v) is 7.00. The second-order valence-corrected chi connectivity index (χ2v) is 3.18. The summed E-state index contributed by atoms with van der Waals surface area (Å²) in [4.78, 5) is 21.8. The number of aliphatic hydroxyl groups is 1. The van der Waals surface area contributed by atoms with E-state index in [-0.39, 0.29) is 5.92 Å². The fourth-order valence-electron chi connectivity index (χ4n) is 1.27. The number of hydrogen-bond acceptors (Lipinski definition) is 3. The highest BCUT2D eigenvalue weighted by Gasteiger charge is 2.35. The summed E-state index contributed by atoms with van der Waals surface area (Å²) in [6.45, 7) is 3.62. The fourth-order valence-corrected chi connectivity index (χ4v) is 1.27. The average Bonchev–Trinajstić information content (AvgIpc) is 1.82. The van der Waals surface area contributed by atoms with Crippen molar-refractivity contribution in [1.82, 2.24) is 10.6 Å². The van der Waals surface area contributed by atoms with Gasteiger partial charge in [-0.05, 0) is 5.92 Å². The van der Waals surface area contributed by atoms with Crippen LogP contribution < -0.4 is 10.6 Å². The van der Waals surface area contributed by atoms with E-state index in [2.05, 4.69) is 10.6 Å². The van der Waals surface area contributed by atoms with Crippen molar-refractivity contribution in [2.45, 2.75) is 20.1 Å². The molecule has 0 bridgehead atoms. The number of hydrogen-bond donors (Lipinski definition) is 3. The van der Waals surface area contributed by atoms with Crippen molar-refractivity contribution in [3.05, 3.63) is 0 Å². The van der Waals surface area contributed by atoms with Gasteiger partial charge in [0.1, 0.15) is 6.23 Å². The summed E-state index contributed by atoms with van der Waals surface area (Å²) >= 11 is 0. The Hall–Kier alpha value is -1.10. The largest absolute Gasteiger partial charge is 0.373 e. The Morgan fingerprint density at radius 2 is 2.00 bits per heavy atom. The van der Waals surface area contributed by atoms with E-state index in [1.165, 1.54) is 0 Å². The molecule has 3 amide bonds. The van der Waals surface area contributed by atoms with Crippen molar-refractivity contribution in [2.24, 2.45) is 11.8 Å². The number of urea groups is 1. The van der Waals surface area contributed by atoms with Gasteiger partial charge in [0, 0.05) is 0 Å². The molecule has 0 spiro atoms. The Morgan fingerprint density at radius 3 is 2.42 bits per heavy atom. The van der Waals surface area contributed by atoms with Crippen LogP contribution in [0, 0.1) is 11.8 Å². The molecule has 1 aliphatic rings. The first-order chi connectivity index (χ1) is 5.52. The quantitative estimate of drug-likeness (QED) is 0.495. The van der Waals surface area contributed by atoms with Crippen molar-refractivity contribution in [1.29, 1.82) is 0 Å². The number of amides is 3. The molecule has 68 valence electrons. The molecule has 0 radical (unpaired) electrons. The third-order valence-corrected chi connectivity index (χ3v) is 1.88. The monoisotopic (exact) mass is 172 g/mol. The van der Waals surface area contributed by atoms with Gasteiger partial charge < -0.3 is 10.4 Å². The van der Waals surface area contributed by atoms with E-state index in [1.807, 2.05) is 13.8 Å². The van der Waals surface area contributed by atoms with Crippen LogP contribution in [0.1, 0.15) is 13.8 Å². The molecular formula is C7H12N2O3. The number of aliphatic hydroxyl groups excluding tert-OH is 1. The summed E-state index contributed by atoms with van der Waals surface area (Å²) in [5, 5.41) is 13.6. The van der Waals surface area contributed by atoms with E-state index in [0.29, 0.717) is 0 Å². The first-order valence-corrected chi connectivity index (χ1v) is 3.82. The van der Waals surface area contributed by atoms with Crippen LogP contribution >= 0.6 is 0 Å². The Bertz CT molecular complexity index is 215. The molecule has 1 saturated heterocycles. The summed E-state index contributed by atoms with van der Waals surface area (Å²) in [5.41, 5.74) is 0. The smallest absolute Gasteiger partial charge is 0.323 e. The van der Waals surface area contributed by atoms with Crippen molar-refractivity contribution in [3.8, 4) is 0 Å². The molecule has 2 unspecified atom stereocenters. The molecule has 1 heterocycles. The minimum atomic E-state index is -1.06. The molecule has 12 heavy (non-hydrogen) atoms. The third-order valence-electron chi connectivity index (χ3n) is 1.88. The molecule has 1 fully saturated rings. The van der Waals surface area contributed by atoms with Gasteiger partial charge in [0.05, 0.1) is 5.92 Å². The van der Waals surface area contributed by atoms with E-state index in [0.717, 1.165) is 0 Å². The SMILES string of the molecule is CC(C)C1C(=O)NC(=O)NC1O. The van der Waals surface area contributed by atoms with Gasteiger partial charge in [-0.1, -0.05) is 13.8 Å². The van der Waals surface area contributed by atoms with Crippen LogP contribution in [-0.2, 0) is 4.79 Å². The third kappa shape index (κ3) is 1.55. The Balaban J connectivity index is 2.73. The molecule has 5 nitrogen and oxygen atoms in total.